The number of carbonyl (C=O) groups is 1. The van der Waals surface area contributed by atoms with Gasteiger partial charge >= 0.3 is 5.97 Å². The number of ether oxygens (including phenoxy) is 1. The molecule has 0 saturated carbocycles. The SMILES string of the molecule is CCCCCCCCCC(=O)OCC(O)C[N+](C)(C)C. The molecule has 120 valence electrons. The van der Waals surface area contributed by atoms with Crippen molar-refractivity contribution >= 4 is 5.97 Å². The fourth-order valence-electron chi connectivity index (χ4n) is 2.17. The van der Waals surface area contributed by atoms with Gasteiger partial charge in [0, 0.05) is 6.42 Å². The first-order valence-corrected chi connectivity index (χ1v) is 7.99. The zero-order chi connectivity index (χ0) is 15.4. The molecule has 0 bridgehead atoms. The summed E-state index contributed by atoms with van der Waals surface area (Å²) >= 11 is 0. The molecule has 0 aliphatic carbocycles. The number of carbonyl (C=O) groups excluding carboxylic acids is 1. The standard InChI is InChI=1S/C16H34NO3/c1-5-6-7-8-9-10-11-12-16(19)20-14-15(18)13-17(2,3)4/h15,18H,5-14H2,1-4H3/q+1. The summed E-state index contributed by atoms with van der Waals surface area (Å²) in [6, 6.07) is 0. The van der Waals surface area contributed by atoms with Gasteiger partial charge in [0.15, 0.2) is 0 Å². The number of likely N-dealkylation sites (N-methyl/N-ethyl adjacent to an activating group) is 1. The van der Waals surface area contributed by atoms with Crippen LogP contribution in [0, 0.1) is 0 Å². The molecule has 0 aliphatic rings. The molecule has 0 spiro atoms. The lowest BCUT2D eigenvalue weighted by molar-refractivity contribution is -0.873. The van der Waals surface area contributed by atoms with Crippen molar-refractivity contribution in [1.82, 2.24) is 0 Å². The van der Waals surface area contributed by atoms with Crippen molar-refractivity contribution in [2.24, 2.45) is 0 Å². The van der Waals surface area contributed by atoms with Crippen LogP contribution >= 0.6 is 0 Å². The van der Waals surface area contributed by atoms with Gasteiger partial charge in [0.05, 0.1) is 21.1 Å². The molecular formula is C16H34NO3+. The second-order valence-electron chi connectivity index (χ2n) is 6.68. The lowest BCUT2D eigenvalue weighted by atomic mass is 10.1. The van der Waals surface area contributed by atoms with Gasteiger partial charge in [0.2, 0.25) is 0 Å². The Morgan fingerprint density at radius 2 is 1.60 bits per heavy atom. The van der Waals surface area contributed by atoms with Gasteiger partial charge in [-0.2, -0.15) is 0 Å². The molecule has 0 rings (SSSR count). The number of hydrogen-bond donors (Lipinski definition) is 1. The summed E-state index contributed by atoms with van der Waals surface area (Å²) in [6.45, 7) is 2.92. The first kappa shape index (κ1) is 19.4. The van der Waals surface area contributed by atoms with Gasteiger partial charge in [-0.1, -0.05) is 45.4 Å². The third-order valence-corrected chi connectivity index (χ3v) is 3.18. The number of aliphatic hydroxyl groups excluding tert-OH is 1. The highest BCUT2D eigenvalue weighted by Crippen LogP contribution is 2.09. The Morgan fingerprint density at radius 1 is 1.05 bits per heavy atom. The third-order valence-electron chi connectivity index (χ3n) is 3.18. The molecule has 4 nitrogen and oxygen atoms in total. The van der Waals surface area contributed by atoms with Crippen molar-refractivity contribution < 1.29 is 19.1 Å². The summed E-state index contributed by atoms with van der Waals surface area (Å²) in [7, 11) is 6.01. The van der Waals surface area contributed by atoms with Gasteiger partial charge in [0.25, 0.3) is 0 Å². The number of quaternary nitrogens is 1. The van der Waals surface area contributed by atoms with E-state index in [1.807, 2.05) is 21.1 Å². The topological polar surface area (TPSA) is 46.5 Å². The number of unbranched alkanes of at least 4 members (excludes halogenated alkanes) is 6. The summed E-state index contributed by atoms with van der Waals surface area (Å²) < 4.78 is 5.76. The van der Waals surface area contributed by atoms with Crippen LogP contribution < -0.4 is 0 Å². The van der Waals surface area contributed by atoms with Gasteiger partial charge in [-0.15, -0.1) is 0 Å². The highest BCUT2D eigenvalue weighted by molar-refractivity contribution is 5.69. The summed E-state index contributed by atoms with van der Waals surface area (Å²) in [4.78, 5) is 11.5. The highest BCUT2D eigenvalue weighted by atomic mass is 16.5. The average molecular weight is 288 g/mol. The van der Waals surface area contributed by atoms with Crippen LogP contribution in [0.5, 0.6) is 0 Å². The number of hydrogen-bond acceptors (Lipinski definition) is 3. The number of aliphatic hydroxyl groups is 1. The van der Waals surface area contributed by atoms with Crippen LogP contribution in [0.3, 0.4) is 0 Å². The zero-order valence-corrected chi connectivity index (χ0v) is 13.9. The predicted octanol–water partition coefficient (Wildman–Crippen LogP) is 2.74. The van der Waals surface area contributed by atoms with E-state index in [4.69, 9.17) is 4.74 Å². The molecule has 0 aromatic carbocycles. The average Bonchev–Trinajstić information content (AvgIpc) is 2.33. The molecule has 0 aromatic rings. The molecule has 0 fully saturated rings. The first-order chi connectivity index (χ1) is 9.35. The lowest BCUT2D eigenvalue weighted by Crippen LogP contribution is -2.43. The zero-order valence-electron chi connectivity index (χ0n) is 13.9. The molecule has 1 N–H and O–H groups in total. The van der Waals surface area contributed by atoms with Crippen molar-refractivity contribution in [3.05, 3.63) is 0 Å². The van der Waals surface area contributed by atoms with Crippen LogP contribution in [0.1, 0.15) is 58.3 Å². The van der Waals surface area contributed by atoms with Crippen LogP contribution in [0.25, 0.3) is 0 Å². The molecule has 0 saturated heterocycles. The van der Waals surface area contributed by atoms with Crippen molar-refractivity contribution in [3.8, 4) is 0 Å². The smallest absolute Gasteiger partial charge is 0.305 e. The third kappa shape index (κ3) is 13.8. The van der Waals surface area contributed by atoms with E-state index in [2.05, 4.69) is 6.92 Å². The Hall–Kier alpha value is -0.610. The summed E-state index contributed by atoms with van der Waals surface area (Å²) in [6.07, 6.45) is 8.25. The van der Waals surface area contributed by atoms with E-state index < -0.39 is 6.10 Å². The fraction of sp³-hybridized carbons (Fsp3) is 0.938. The van der Waals surface area contributed by atoms with Crippen molar-refractivity contribution in [3.63, 3.8) is 0 Å². The van der Waals surface area contributed by atoms with E-state index in [1.165, 1.54) is 32.1 Å². The molecule has 1 atom stereocenters. The lowest BCUT2D eigenvalue weighted by Gasteiger charge is -2.26. The van der Waals surface area contributed by atoms with Crippen LogP contribution in [0.4, 0.5) is 0 Å². The van der Waals surface area contributed by atoms with Gasteiger partial charge in [-0.3, -0.25) is 4.79 Å². The van der Waals surface area contributed by atoms with E-state index >= 15 is 0 Å². The Bertz CT molecular complexity index is 249. The van der Waals surface area contributed by atoms with Crippen LogP contribution in [-0.4, -0.2) is 56.0 Å². The van der Waals surface area contributed by atoms with E-state index in [1.54, 1.807) is 0 Å². The predicted molar refractivity (Wildman–Crippen MR) is 82.5 cm³/mol. The summed E-state index contributed by atoms with van der Waals surface area (Å²) in [5, 5.41) is 9.73. The molecule has 0 aromatic heterocycles. The minimum Gasteiger partial charge on any atom is -0.463 e. The monoisotopic (exact) mass is 288 g/mol. The van der Waals surface area contributed by atoms with E-state index in [9.17, 15) is 9.90 Å². The van der Waals surface area contributed by atoms with Gasteiger partial charge in [-0.05, 0) is 6.42 Å². The Morgan fingerprint density at radius 3 is 2.15 bits per heavy atom. The molecular weight excluding hydrogens is 254 g/mol. The van der Waals surface area contributed by atoms with Gasteiger partial charge < -0.3 is 14.3 Å². The van der Waals surface area contributed by atoms with Crippen molar-refractivity contribution in [2.75, 3.05) is 34.3 Å². The van der Waals surface area contributed by atoms with Crippen molar-refractivity contribution in [2.45, 2.75) is 64.4 Å². The summed E-state index contributed by atoms with van der Waals surface area (Å²) in [5.74, 6) is -0.181. The maximum absolute atomic E-state index is 11.5. The molecule has 0 heterocycles. The number of nitrogens with zero attached hydrogens (tertiary/aromatic N) is 1. The highest BCUT2D eigenvalue weighted by Gasteiger charge is 2.17. The Labute approximate surface area is 124 Å². The Kier molecular flexibility index (Phi) is 10.8. The maximum Gasteiger partial charge on any atom is 0.305 e. The second-order valence-corrected chi connectivity index (χ2v) is 6.68. The molecule has 1 unspecified atom stereocenters. The molecule has 20 heavy (non-hydrogen) atoms. The maximum atomic E-state index is 11.5. The van der Waals surface area contributed by atoms with Crippen molar-refractivity contribution in [1.29, 1.82) is 0 Å². The summed E-state index contributed by atoms with van der Waals surface area (Å²) in [5.41, 5.74) is 0. The van der Waals surface area contributed by atoms with Gasteiger partial charge in [-0.25, -0.2) is 0 Å². The molecule has 0 amide bonds. The van der Waals surface area contributed by atoms with Crippen LogP contribution in [0.2, 0.25) is 0 Å². The number of rotatable bonds is 12. The normalized spacial score (nSPS) is 13.2. The second kappa shape index (κ2) is 11.1. The largest absolute Gasteiger partial charge is 0.463 e. The van der Waals surface area contributed by atoms with E-state index in [-0.39, 0.29) is 12.6 Å². The first-order valence-electron chi connectivity index (χ1n) is 7.99. The minimum atomic E-state index is -0.576. The van der Waals surface area contributed by atoms with Gasteiger partial charge in [0.1, 0.15) is 19.3 Å². The van der Waals surface area contributed by atoms with Crippen LogP contribution in [-0.2, 0) is 9.53 Å². The van der Waals surface area contributed by atoms with Crippen LogP contribution in [0.15, 0.2) is 0 Å². The Balaban J connectivity index is 3.45. The van der Waals surface area contributed by atoms with E-state index in [0.29, 0.717) is 17.4 Å². The molecule has 0 aliphatic heterocycles. The molecule has 4 heteroatoms. The quantitative estimate of drug-likeness (QED) is 0.341. The minimum absolute atomic E-state index is 0.116. The fourth-order valence-corrected chi connectivity index (χ4v) is 2.17. The number of esters is 1. The molecule has 0 radical (unpaired) electrons. The van der Waals surface area contributed by atoms with E-state index in [0.717, 1.165) is 12.8 Å².